The molecule has 33 heavy (non-hydrogen) atoms. The molecule has 8 heteroatoms. The Morgan fingerprint density at radius 1 is 1.12 bits per heavy atom. The van der Waals surface area contributed by atoms with Crippen LogP contribution in [-0.2, 0) is 4.74 Å². The van der Waals surface area contributed by atoms with E-state index in [0.29, 0.717) is 45.0 Å². The van der Waals surface area contributed by atoms with E-state index >= 15 is 0 Å². The SMILES string of the molecule is CCOc1ccc(C2Nc3ccc(C(=O)N4CCOCC4)cc3C3C2CCN3C(=O)O)cc1. The summed E-state index contributed by atoms with van der Waals surface area (Å²) >= 11 is 0. The third-order valence-corrected chi connectivity index (χ3v) is 6.90. The minimum atomic E-state index is -0.925. The number of hydrogen-bond acceptors (Lipinski definition) is 5. The predicted molar refractivity (Wildman–Crippen MR) is 123 cm³/mol. The number of hydrogen-bond donors (Lipinski definition) is 2. The van der Waals surface area contributed by atoms with Gasteiger partial charge in [-0.25, -0.2) is 4.79 Å². The summed E-state index contributed by atoms with van der Waals surface area (Å²) < 4.78 is 10.9. The molecule has 3 unspecified atom stereocenters. The Bertz CT molecular complexity index is 1030. The van der Waals surface area contributed by atoms with Crippen LogP contribution in [0, 0.1) is 5.92 Å². The van der Waals surface area contributed by atoms with Gasteiger partial charge in [-0.3, -0.25) is 4.79 Å². The van der Waals surface area contributed by atoms with Crippen LogP contribution in [0.3, 0.4) is 0 Å². The van der Waals surface area contributed by atoms with Gasteiger partial charge in [-0.1, -0.05) is 12.1 Å². The van der Waals surface area contributed by atoms with E-state index in [1.807, 2.05) is 49.4 Å². The number of ether oxygens (including phenoxy) is 2. The molecule has 2 amide bonds. The number of carboxylic acid groups (broad SMARTS) is 1. The second-order valence-electron chi connectivity index (χ2n) is 8.70. The van der Waals surface area contributed by atoms with Gasteiger partial charge < -0.3 is 29.7 Å². The van der Waals surface area contributed by atoms with Crippen LogP contribution in [0.15, 0.2) is 42.5 Å². The molecule has 3 aliphatic heterocycles. The summed E-state index contributed by atoms with van der Waals surface area (Å²) in [6, 6.07) is 13.3. The molecule has 0 aromatic heterocycles. The fraction of sp³-hybridized carbons (Fsp3) is 0.440. The summed E-state index contributed by atoms with van der Waals surface area (Å²) in [6.07, 6.45) is -0.172. The molecule has 2 aromatic carbocycles. The smallest absolute Gasteiger partial charge is 0.407 e. The molecule has 2 aromatic rings. The Balaban J connectivity index is 1.49. The van der Waals surface area contributed by atoms with Crippen molar-refractivity contribution in [3.05, 3.63) is 59.2 Å². The third kappa shape index (κ3) is 3.99. The van der Waals surface area contributed by atoms with E-state index in [1.54, 1.807) is 4.90 Å². The van der Waals surface area contributed by atoms with Crippen molar-refractivity contribution in [2.45, 2.75) is 25.4 Å². The van der Waals surface area contributed by atoms with E-state index in [4.69, 9.17) is 9.47 Å². The van der Waals surface area contributed by atoms with Crippen molar-refractivity contribution in [2.75, 3.05) is 44.8 Å². The Labute approximate surface area is 193 Å². The maximum absolute atomic E-state index is 13.1. The number of benzene rings is 2. The average molecular weight is 452 g/mol. The summed E-state index contributed by atoms with van der Waals surface area (Å²) in [5, 5.41) is 13.5. The van der Waals surface area contributed by atoms with Gasteiger partial charge in [0.05, 0.1) is 31.9 Å². The van der Waals surface area contributed by atoms with Crippen molar-refractivity contribution in [1.82, 2.24) is 9.80 Å². The number of anilines is 1. The monoisotopic (exact) mass is 451 g/mol. The lowest BCUT2D eigenvalue weighted by molar-refractivity contribution is 0.0302. The van der Waals surface area contributed by atoms with E-state index in [-0.39, 0.29) is 23.9 Å². The van der Waals surface area contributed by atoms with Crippen molar-refractivity contribution >= 4 is 17.7 Å². The Morgan fingerprint density at radius 2 is 1.88 bits per heavy atom. The van der Waals surface area contributed by atoms with Gasteiger partial charge in [0.1, 0.15) is 5.75 Å². The van der Waals surface area contributed by atoms with E-state index in [9.17, 15) is 14.7 Å². The van der Waals surface area contributed by atoms with Gasteiger partial charge in [0.25, 0.3) is 5.91 Å². The van der Waals surface area contributed by atoms with Crippen LogP contribution in [0.1, 0.15) is 46.9 Å². The van der Waals surface area contributed by atoms with E-state index in [2.05, 4.69) is 5.32 Å². The molecule has 0 bridgehead atoms. The lowest BCUT2D eigenvalue weighted by Crippen LogP contribution is -2.41. The first-order chi connectivity index (χ1) is 16.1. The fourth-order valence-corrected chi connectivity index (χ4v) is 5.34. The lowest BCUT2D eigenvalue weighted by Gasteiger charge is -2.39. The number of amides is 2. The third-order valence-electron chi connectivity index (χ3n) is 6.90. The van der Waals surface area contributed by atoms with Crippen molar-refractivity contribution < 1.29 is 24.2 Å². The van der Waals surface area contributed by atoms with E-state index in [1.165, 1.54) is 4.90 Å². The fourth-order valence-electron chi connectivity index (χ4n) is 5.34. The van der Waals surface area contributed by atoms with Gasteiger partial charge in [0.15, 0.2) is 0 Å². The zero-order chi connectivity index (χ0) is 22.9. The first-order valence-corrected chi connectivity index (χ1v) is 11.6. The largest absolute Gasteiger partial charge is 0.494 e. The molecule has 5 rings (SSSR count). The van der Waals surface area contributed by atoms with Crippen LogP contribution in [0.5, 0.6) is 5.75 Å². The number of morpholine rings is 1. The molecule has 2 N–H and O–H groups in total. The van der Waals surface area contributed by atoms with Crippen LogP contribution in [0.4, 0.5) is 10.5 Å². The quantitative estimate of drug-likeness (QED) is 0.736. The van der Waals surface area contributed by atoms with E-state index in [0.717, 1.165) is 29.0 Å². The highest BCUT2D eigenvalue weighted by Crippen LogP contribution is 2.51. The van der Waals surface area contributed by atoms with Crippen molar-refractivity contribution in [1.29, 1.82) is 0 Å². The molecule has 3 atom stereocenters. The van der Waals surface area contributed by atoms with E-state index < -0.39 is 6.09 Å². The number of nitrogens with zero attached hydrogens (tertiary/aromatic N) is 2. The molecule has 174 valence electrons. The topological polar surface area (TPSA) is 91.3 Å². The van der Waals surface area contributed by atoms with Crippen LogP contribution in [0.25, 0.3) is 0 Å². The van der Waals surface area contributed by atoms with Gasteiger partial charge in [-0.05, 0) is 54.8 Å². The second kappa shape index (κ2) is 8.94. The summed E-state index contributed by atoms with van der Waals surface area (Å²) in [6.45, 7) is 5.26. The number of fused-ring (bicyclic) bond motifs is 3. The zero-order valence-corrected chi connectivity index (χ0v) is 18.7. The normalized spacial score (nSPS) is 24.0. The summed E-state index contributed by atoms with van der Waals surface area (Å²) in [5.41, 5.74) is 3.44. The first kappa shape index (κ1) is 21.6. The maximum Gasteiger partial charge on any atom is 0.407 e. The molecular weight excluding hydrogens is 422 g/mol. The molecule has 8 nitrogen and oxygen atoms in total. The molecule has 0 radical (unpaired) electrons. The van der Waals surface area contributed by atoms with Gasteiger partial charge in [-0.15, -0.1) is 0 Å². The van der Waals surface area contributed by atoms with Gasteiger partial charge in [-0.2, -0.15) is 0 Å². The van der Waals surface area contributed by atoms with Crippen LogP contribution >= 0.6 is 0 Å². The number of carbonyl (C=O) groups excluding carboxylic acids is 1. The van der Waals surface area contributed by atoms with Crippen molar-refractivity contribution in [2.24, 2.45) is 5.92 Å². The van der Waals surface area contributed by atoms with Crippen LogP contribution in [-0.4, -0.2) is 66.4 Å². The summed E-state index contributed by atoms with van der Waals surface area (Å²) in [5.74, 6) is 0.852. The van der Waals surface area contributed by atoms with Crippen molar-refractivity contribution in [3.63, 3.8) is 0 Å². The zero-order valence-electron chi connectivity index (χ0n) is 18.7. The number of rotatable bonds is 4. The number of likely N-dealkylation sites (tertiary alicyclic amines) is 1. The highest BCUT2D eigenvalue weighted by atomic mass is 16.5. The van der Waals surface area contributed by atoms with Gasteiger partial charge in [0.2, 0.25) is 0 Å². The Morgan fingerprint density at radius 3 is 2.58 bits per heavy atom. The van der Waals surface area contributed by atoms with Crippen LogP contribution < -0.4 is 10.1 Å². The van der Waals surface area contributed by atoms with Crippen LogP contribution in [0.2, 0.25) is 0 Å². The number of carbonyl (C=O) groups is 2. The molecule has 3 heterocycles. The minimum Gasteiger partial charge on any atom is -0.494 e. The van der Waals surface area contributed by atoms with Gasteiger partial charge >= 0.3 is 6.09 Å². The summed E-state index contributed by atoms with van der Waals surface area (Å²) in [4.78, 5) is 28.5. The average Bonchev–Trinajstić information content (AvgIpc) is 3.30. The highest BCUT2D eigenvalue weighted by Gasteiger charge is 2.46. The van der Waals surface area contributed by atoms with Crippen molar-refractivity contribution in [3.8, 4) is 5.75 Å². The van der Waals surface area contributed by atoms with Gasteiger partial charge in [0, 0.05) is 36.8 Å². The molecule has 0 spiro atoms. The molecule has 2 saturated heterocycles. The second-order valence-corrected chi connectivity index (χ2v) is 8.70. The molecule has 3 aliphatic rings. The summed E-state index contributed by atoms with van der Waals surface area (Å²) in [7, 11) is 0. The predicted octanol–water partition coefficient (Wildman–Crippen LogP) is 3.77. The molecular formula is C25H29N3O5. The standard InChI is InChI=1S/C25H29N3O5/c1-2-33-18-6-3-16(4-7-18)22-19-9-10-28(25(30)31)23(19)20-15-17(5-8-21(20)26-22)24(29)27-11-13-32-14-12-27/h3-8,15,19,22-23,26H,2,9-14H2,1H3,(H,30,31). The molecule has 0 aliphatic carbocycles. The minimum absolute atomic E-state index is 0.0247. The molecule has 2 fully saturated rings. The Hall–Kier alpha value is -3.26. The highest BCUT2D eigenvalue weighted by molar-refractivity contribution is 5.95. The molecule has 0 saturated carbocycles. The Kier molecular flexibility index (Phi) is 5.85. The number of nitrogens with one attached hydrogen (secondary N) is 1. The maximum atomic E-state index is 13.1. The lowest BCUT2D eigenvalue weighted by atomic mass is 9.79. The first-order valence-electron chi connectivity index (χ1n) is 11.6.